The van der Waals surface area contributed by atoms with Gasteiger partial charge in [0.1, 0.15) is 6.17 Å². The molecule has 0 aromatic heterocycles. The Balaban J connectivity index is 1.60. The van der Waals surface area contributed by atoms with E-state index in [2.05, 4.69) is 52.3 Å². The van der Waals surface area contributed by atoms with Crippen LogP contribution < -0.4 is 16.0 Å². The maximum Gasteiger partial charge on any atom is 0.105 e. The quantitative estimate of drug-likeness (QED) is 0.772. The van der Waals surface area contributed by atoms with E-state index >= 15 is 0 Å². The molecule has 3 nitrogen and oxygen atoms in total. The van der Waals surface area contributed by atoms with Crippen LogP contribution in [-0.4, -0.2) is 6.04 Å². The van der Waals surface area contributed by atoms with Crippen LogP contribution in [-0.2, 0) is 0 Å². The van der Waals surface area contributed by atoms with Crippen LogP contribution >= 0.6 is 11.6 Å². The molecule has 0 bridgehead atoms. The van der Waals surface area contributed by atoms with Crippen LogP contribution in [0.1, 0.15) is 49.1 Å². The summed E-state index contributed by atoms with van der Waals surface area (Å²) in [6, 6.07) is 17.2. The van der Waals surface area contributed by atoms with Crippen LogP contribution in [0, 0.1) is 0 Å². The molecular weight excluding hydrogens is 306 g/mol. The van der Waals surface area contributed by atoms with Crippen LogP contribution in [0.5, 0.6) is 0 Å². The van der Waals surface area contributed by atoms with Crippen molar-refractivity contribution in [3.8, 4) is 0 Å². The molecule has 0 amide bonds. The second kappa shape index (κ2) is 6.52. The van der Waals surface area contributed by atoms with Crippen molar-refractivity contribution in [3.63, 3.8) is 0 Å². The Morgan fingerprint density at radius 1 is 0.957 bits per heavy atom. The number of benzene rings is 2. The lowest BCUT2D eigenvalue weighted by molar-refractivity contribution is 0.345. The van der Waals surface area contributed by atoms with Gasteiger partial charge in [-0.1, -0.05) is 54.8 Å². The van der Waals surface area contributed by atoms with E-state index in [1.165, 1.54) is 42.5 Å². The molecule has 1 aliphatic carbocycles. The Labute approximate surface area is 142 Å². The highest BCUT2D eigenvalue weighted by molar-refractivity contribution is 6.30. The molecule has 2 aliphatic rings. The fourth-order valence-electron chi connectivity index (χ4n) is 3.63. The summed E-state index contributed by atoms with van der Waals surface area (Å²) in [6.07, 6.45) is 5.49. The Morgan fingerprint density at radius 2 is 1.70 bits per heavy atom. The summed E-state index contributed by atoms with van der Waals surface area (Å²) in [7, 11) is 0. The summed E-state index contributed by atoms with van der Waals surface area (Å²) in [5.41, 5.74) is 3.69. The average Bonchev–Trinajstić information content (AvgIpc) is 3.08. The molecule has 3 N–H and O–H groups in total. The number of rotatable bonds is 3. The highest BCUT2D eigenvalue weighted by Crippen LogP contribution is 2.33. The predicted molar refractivity (Wildman–Crippen MR) is 95.5 cm³/mol. The van der Waals surface area contributed by atoms with Crippen molar-refractivity contribution in [3.05, 3.63) is 64.7 Å². The Bertz CT molecular complexity index is 665. The first kappa shape index (κ1) is 15.0. The second-order valence-corrected chi connectivity index (χ2v) is 6.90. The highest BCUT2D eigenvalue weighted by atomic mass is 35.5. The van der Waals surface area contributed by atoms with E-state index in [1.54, 1.807) is 0 Å². The molecule has 23 heavy (non-hydrogen) atoms. The van der Waals surface area contributed by atoms with Gasteiger partial charge in [0, 0.05) is 22.3 Å². The van der Waals surface area contributed by atoms with Gasteiger partial charge in [0.15, 0.2) is 0 Å². The lowest BCUT2D eigenvalue weighted by Crippen LogP contribution is -2.46. The SMILES string of the molecule is Clc1ccc(C2Nc3ccccc3C(NC3CCCC3)N2)cc1. The molecule has 2 aromatic rings. The van der Waals surface area contributed by atoms with Gasteiger partial charge in [-0.15, -0.1) is 0 Å². The first-order chi connectivity index (χ1) is 11.3. The number of fused-ring (bicyclic) bond motifs is 1. The average molecular weight is 328 g/mol. The van der Waals surface area contributed by atoms with Crippen molar-refractivity contribution in [1.29, 1.82) is 0 Å². The zero-order valence-electron chi connectivity index (χ0n) is 13.1. The number of halogens is 1. The zero-order chi connectivity index (χ0) is 15.6. The van der Waals surface area contributed by atoms with E-state index in [1.807, 2.05) is 12.1 Å². The second-order valence-electron chi connectivity index (χ2n) is 6.46. The minimum absolute atomic E-state index is 0.0843. The van der Waals surface area contributed by atoms with Gasteiger partial charge in [-0.25, -0.2) is 0 Å². The third kappa shape index (κ3) is 3.23. The standard InChI is InChI=1S/C19H22ClN3/c20-14-11-9-13(10-12-14)18-22-17-8-4-3-7-16(17)19(23-18)21-15-5-1-2-6-15/h3-4,7-12,15,18-19,21-23H,1-2,5-6H2. The zero-order valence-corrected chi connectivity index (χ0v) is 13.8. The fraction of sp³-hybridized carbons (Fsp3) is 0.368. The van der Waals surface area contributed by atoms with E-state index in [9.17, 15) is 0 Å². The molecule has 1 saturated carbocycles. The molecule has 0 saturated heterocycles. The number of nitrogens with one attached hydrogen (secondary N) is 3. The highest BCUT2D eigenvalue weighted by Gasteiger charge is 2.28. The molecule has 0 radical (unpaired) electrons. The Kier molecular flexibility index (Phi) is 4.25. The summed E-state index contributed by atoms with van der Waals surface area (Å²) in [4.78, 5) is 0. The summed E-state index contributed by atoms with van der Waals surface area (Å²) in [5.74, 6) is 0. The molecule has 1 aliphatic heterocycles. The van der Waals surface area contributed by atoms with Gasteiger partial charge in [-0.3, -0.25) is 10.6 Å². The van der Waals surface area contributed by atoms with Crippen molar-refractivity contribution in [2.45, 2.75) is 44.1 Å². The molecule has 4 rings (SSSR count). The monoisotopic (exact) mass is 327 g/mol. The molecule has 4 heteroatoms. The van der Waals surface area contributed by atoms with Crippen LogP contribution in [0.15, 0.2) is 48.5 Å². The lowest BCUT2D eigenvalue weighted by Gasteiger charge is -2.36. The van der Waals surface area contributed by atoms with E-state index in [0.717, 1.165) is 5.02 Å². The first-order valence-electron chi connectivity index (χ1n) is 8.42. The van der Waals surface area contributed by atoms with E-state index in [-0.39, 0.29) is 12.3 Å². The van der Waals surface area contributed by atoms with Crippen molar-refractivity contribution >= 4 is 17.3 Å². The number of para-hydroxylation sites is 1. The van der Waals surface area contributed by atoms with Gasteiger partial charge in [0.2, 0.25) is 0 Å². The van der Waals surface area contributed by atoms with E-state index in [0.29, 0.717) is 6.04 Å². The lowest BCUT2D eigenvalue weighted by atomic mass is 10.0. The van der Waals surface area contributed by atoms with E-state index < -0.39 is 0 Å². The third-order valence-corrected chi connectivity index (χ3v) is 5.12. The van der Waals surface area contributed by atoms with Crippen LogP contribution in [0.2, 0.25) is 5.02 Å². The van der Waals surface area contributed by atoms with E-state index in [4.69, 9.17) is 11.6 Å². The maximum atomic E-state index is 6.02. The topological polar surface area (TPSA) is 36.1 Å². The van der Waals surface area contributed by atoms with Crippen LogP contribution in [0.25, 0.3) is 0 Å². The maximum absolute atomic E-state index is 6.02. The summed E-state index contributed by atoms with van der Waals surface area (Å²) >= 11 is 6.02. The van der Waals surface area contributed by atoms with Gasteiger partial charge < -0.3 is 5.32 Å². The molecule has 1 heterocycles. The number of anilines is 1. The van der Waals surface area contributed by atoms with Gasteiger partial charge in [0.25, 0.3) is 0 Å². The van der Waals surface area contributed by atoms with Gasteiger partial charge >= 0.3 is 0 Å². The van der Waals surface area contributed by atoms with Gasteiger partial charge in [-0.05, 0) is 36.6 Å². The number of hydrogen-bond donors (Lipinski definition) is 3. The minimum atomic E-state index is 0.0843. The smallest absolute Gasteiger partial charge is 0.105 e. The molecule has 2 unspecified atom stereocenters. The molecule has 120 valence electrons. The van der Waals surface area contributed by atoms with Crippen LogP contribution in [0.3, 0.4) is 0 Å². The summed E-state index contributed by atoms with van der Waals surface area (Å²) in [6.45, 7) is 0. The molecule has 2 aromatic carbocycles. The van der Waals surface area contributed by atoms with Crippen LogP contribution in [0.4, 0.5) is 5.69 Å². The largest absolute Gasteiger partial charge is 0.366 e. The fourth-order valence-corrected chi connectivity index (χ4v) is 3.76. The Hall–Kier alpha value is -1.55. The molecular formula is C19H22ClN3. The molecule has 0 spiro atoms. The van der Waals surface area contributed by atoms with Crippen molar-refractivity contribution in [1.82, 2.24) is 10.6 Å². The normalized spacial score (nSPS) is 24.2. The van der Waals surface area contributed by atoms with Crippen molar-refractivity contribution in [2.24, 2.45) is 0 Å². The summed E-state index contributed by atoms with van der Waals surface area (Å²) in [5, 5.41) is 11.9. The first-order valence-corrected chi connectivity index (χ1v) is 8.80. The van der Waals surface area contributed by atoms with Gasteiger partial charge in [0.05, 0.1) is 6.17 Å². The van der Waals surface area contributed by atoms with Gasteiger partial charge in [-0.2, -0.15) is 0 Å². The minimum Gasteiger partial charge on any atom is -0.366 e. The molecule has 1 fully saturated rings. The Morgan fingerprint density at radius 3 is 2.48 bits per heavy atom. The molecule has 2 atom stereocenters. The number of hydrogen-bond acceptors (Lipinski definition) is 3. The summed E-state index contributed by atoms with van der Waals surface area (Å²) < 4.78 is 0. The third-order valence-electron chi connectivity index (χ3n) is 4.87. The van der Waals surface area contributed by atoms with Crippen molar-refractivity contribution in [2.75, 3.05) is 5.32 Å². The van der Waals surface area contributed by atoms with Crippen molar-refractivity contribution < 1.29 is 0 Å². The predicted octanol–water partition coefficient (Wildman–Crippen LogP) is 4.58.